The van der Waals surface area contributed by atoms with Crippen LogP contribution in [0, 0.1) is 0 Å². The third kappa shape index (κ3) is 3.25. The van der Waals surface area contributed by atoms with Crippen LogP contribution in [0.15, 0.2) is 59.4 Å². The highest BCUT2D eigenvalue weighted by Gasteiger charge is 2.11. The zero-order valence-electron chi connectivity index (χ0n) is 13.8. The maximum absolute atomic E-state index is 11.8. The van der Waals surface area contributed by atoms with Crippen LogP contribution in [0.4, 0.5) is 5.82 Å². The number of fused-ring (bicyclic) bond motifs is 1. The Labute approximate surface area is 148 Å². The summed E-state index contributed by atoms with van der Waals surface area (Å²) in [6.07, 6.45) is 2.99. The van der Waals surface area contributed by atoms with E-state index in [1.54, 1.807) is 6.07 Å². The Hall–Kier alpha value is -3.68. The number of anilines is 1. The van der Waals surface area contributed by atoms with Gasteiger partial charge < -0.3 is 15.1 Å². The normalized spacial score (nSPS) is 10.8. The van der Waals surface area contributed by atoms with E-state index in [-0.39, 0.29) is 5.91 Å². The van der Waals surface area contributed by atoms with Crippen molar-refractivity contribution < 1.29 is 9.21 Å². The van der Waals surface area contributed by atoms with E-state index in [4.69, 9.17) is 4.42 Å². The molecule has 0 spiro atoms. The van der Waals surface area contributed by atoms with Crippen LogP contribution in [-0.4, -0.2) is 39.2 Å². The predicted octanol–water partition coefficient (Wildman–Crippen LogP) is 2.45. The van der Waals surface area contributed by atoms with E-state index in [2.05, 4.69) is 30.8 Å². The monoisotopic (exact) mass is 348 g/mol. The van der Waals surface area contributed by atoms with Crippen molar-refractivity contribution in [1.82, 2.24) is 25.5 Å². The highest BCUT2D eigenvalue weighted by atomic mass is 16.3. The molecule has 0 bridgehead atoms. The highest BCUT2D eigenvalue weighted by molar-refractivity contribution is 5.92. The Kier molecular flexibility index (Phi) is 4.29. The Balaban J connectivity index is 1.43. The summed E-state index contributed by atoms with van der Waals surface area (Å²) in [6.45, 7) is 0.949. The maximum atomic E-state index is 11.8. The van der Waals surface area contributed by atoms with Crippen molar-refractivity contribution in [3.8, 4) is 11.3 Å². The Morgan fingerprint density at radius 2 is 2.00 bits per heavy atom. The Morgan fingerprint density at radius 3 is 2.81 bits per heavy atom. The topological polar surface area (TPSA) is 109 Å². The summed E-state index contributed by atoms with van der Waals surface area (Å²) in [5.41, 5.74) is 1.92. The first-order chi connectivity index (χ1) is 12.8. The van der Waals surface area contributed by atoms with Crippen molar-refractivity contribution in [3.63, 3.8) is 0 Å². The van der Waals surface area contributed by atoms with Crippen LogP contribution in [-0.2, 0) is 0 Å². The minimum atomic E-state index is -0.202. The van der Waals surface area contributed by atoms with Gasteiger partial charge in [0.1, 0.15) is 23.6 Å². The second-order valence-corrected chi connectivity index (χ2v) is 5.57. The first kappa shape index (κ1) is 15.8. The molecule has 0 aliphatic carbocycles. The van der Waals surface area contributed by atoms with E-state index in [0.29, 0.717) is 30.3 Å². The first-order valence-electron chi connectivity index (χ1n) is 8.12. The van der Waals surface area contributed by atoms with Gasteiger partial charge in [0.15, 0.2) is 0 Å². The fourth-order valence-corrected chi connectivity index (χ4v) is 2.58. The summed E-state index contributed by atoms with van der Waals surface area (Å²) in [4.78, 5) is 20.3. The van der Waals surface area contributed by atoms with Crippen molar-refractivity contribution in [2.45, 2.75) is 0 Å². The zero-order chi connectivity index (χ0) is 17.8. The molecule has 4 aromatic rings. The molecule has 1 aromatic carbocycles. The molecule has 0 aliphatic rings. The zero-order valence-corrected chi connectivity index (χ0v) is 13.8. The second-order valence-electron chi connectivity index (χ2n) is 5.57. The van der Waals surface area contributed by atoms with E-state index >= 15 is 0 Å². The van der Waals surface area contributed by atoms with Gasteiger partial charge in [0, 0.05) is 24.8 Å². The number of nitrogens with zero attached hydrogens (tertiary/aromatic N) is 3. The molecule has 0 aliphatic heterocycles. The molecule has 4 rings (SSSR count). The number of benzene rings is 1. The number of rotatable bonds is 6. The molecule has 0 unspecified atom stereocenters. The predicted molar refractivity (Wildman–Crippen MR) is 96.7 cm³/mol. The van der Waals surface area contributed by atoms with Crippen LogP contribution in [0.5, 0.6) is 0 Å². The van der Waals surface area contributed by atoms with Gasteiger partial charge in [0.05, 0.1) is 5.39 Å². The summed E-state index contributed by atoms with van der Waals surface area (Å²) in [7, 11) is 0. The lowest BCUT2D eigenvalue weighted by atomic mass is 10.2. The fraction of sp³-hybridized carbons (Fsp3) is 0.111. The molecule has 8 nitrogen and oxygen atoms in total. The smallest absolute Gasteiger partial charge is 0.269 e. The number of carbonyl (C=O) groups excluding carboxylic acids is 1. The molecule has 0 saturated carbocycles. The lowest BCUT2D eigenvalue weighted by molar-refractivity contribution is 0.0950. The summed E-state index contributed by atoms with van der Waals surface area (Å²) in [5, 5.41) is 13.2. The maximum Gasteiger partial charge on any atom is 0.269 e. The van der Waals surface area contributed by atoms with Crippen molar-refractivity contribution in [1.29, 1.82) is 0 Å². The third-order valence-electron chi connectivity index (χ3n) is 3.84. The number of aromatic nitrogens is 4. The lowest BCUT2D eigenvalue weighted by Crippen LogP contribution is -2.29. The van der Waals surface area contributed by atoms with Gasteiger partial charge in [-0.2, -0.15) is 5.10 Å². The number of hydrogen-bond donors (Lipinski definition) is 3. The molecule has 1 amide bonds. The van der Waals surface area contributed by atoms with Gasteiger partial charge in [-0.05, 0) is 12.1 Å². The first-order valence-corrected chi connectivity index (χ1v) is 8.12. The number of carbonyl (C=O) groups is 1. The number of furan rings is 1. The van der Waals surface area contributed by atoms with Crippen LogP contribution in [0.2, 0.25) is 0 Å². The average molecular weight is 348 g/mol. The highest BCUT2D eigenvalue weighted by Crippen LogP contribution is 2.29. The third-order valence-corrected chi connectivity index (χ3v) is 3.84. The number of hydrogen-bond acceptors (Lipinski definition) is 6. The largest absolute Gasteiger partial charge is 0.438 e. The van der Waals surface area contributed by atoms with Crippen molar-refractivity contribution in [2.75, 3.05) is 18.4 Å². The van der Waals surface area contributed by atoms with Gasteiger partial charge in [0.2, 0.25) is 5.71 Å². The Morgan fingerprint density at radius 1 is 1.12 bits per heavy atom. The molecule has 0 radical (unpaired) electrons. The summed E-state index contributed by atoms with van der Waals surface area (Å²) in [5.74, 6) is 1.19. The van der Waals surface area contributed by atoms with Crippen LogP contribution < -0.4 is 10.6 Å². The number of H-pyrrole nitrogens is 1. The minimum Gasteiger partial charge on any atom is -0.438 e. The van der Waals surface area contributed by atoms with E-state index in [1.807, 2.05) is 36.4 Å². The molecule has 8 heteroatoms. The van der Waals surface area contributed by atoms with Crippen LogP contribution in [0.1, 0.15) is 10.5 Å². The van der Waals surface area contributed by atoms with Crippen LogP contribution in [0.25, 0.3) is 22.4 Å². The van der Waals surface area contributed by atoms with Gasteiger partial charge >= 0.3 is 0 Å². The SMILES string of the molecule is O=C(NCCNc1ncnc2oc(-c3ccccc3)cc12)c1ccn[nH]1. The van der Waals surface area contributed by atoms with Crippen LogP contribution in [0.3, 0.4) is 0 Å². The molecule has 0 fully saturated rings. The van der Waals surface area contributed by atoms with E-state index in [1.165, 1.54) is 12.5 Å². The van der Waals surface area contributed by atoms with Gasteiger partial charge in [-0.1, -0.05) is 30.3 Å². The minimum absolute atomic E-state index is 0.202. The molecule has 3 N–H and O–H groups in total. The van der Waals surface area contributed by atoms with Gasteiger partial charge in [-0.25, -0.2) is 9.97 Å². The fourth-order valence-electron chi connectivity index (χ4n) is 2.58. The second kappa shape index (κ2) is 7.06. The standard InChI is InChI=1S/C18H16N6O2/c25-17(14-6-7-23-24-14)20-9-8-19-16-13-10-15(12-4-2-1-3-5-12)26-18(13)22-11-21-16/h1-7,10-11H,8-9H2,(H,20,25)(H,23,24)(H,19,21,22). The van der Waals surface area contributed by atoms with E-state index in [9.17, 15) is 4.79 Å². The molecular weight excluding hydrogens is 332 g/mol. The van der Waals surface area contributed by atoms with Gasteiger partial charge in [-0.15, -0.1) is 0 Å². The van der Waals surface area contributed by atoms with E-state index in [0.717, 1.165) is 16.7 Å². The number of aromatic amines is 1. The molecular formula is C18H16N6O2. The lowest BCUT2D eigenvalue weighted by Gasteiger charge is -2.06. The number of nitrogens with one attached hydrogen (secondary N) is 3. The van der Waals surface area contributed by atoms with E-state index < -0.39 is 0 Å². The quantitative estimate of drug-likeness (QED) is 0.462. The molecule has 130 valence electrons. The molecule has 3 heterocycles. The van der Waals surface area contributed by atoms with Crippen molar-refractivity contribution in [3.05, 3.63) is 60.7 Å². The molecule has 0 atom stereocenters. The number of amides is 1. The van der Waals surface area contributed by atoms with Crippen molar-refractivity contribution in [2.24, 2.45) is 0 Å². The molecule has 26 heavy (non-hydrogen) atoms. The summed E-state index contributed by atoms with van der Waals surface area (Å²) >= 11 is 0. The summed E-state index contributed by atoms with van der Waals surface area (Å²) in [6, 6.07) is 13.3. The Bertz CT molecular complexity index is 1010. The molecule has 0 saturated heterocycles. The molecule has 3 aromatic heterocycles. The van der Waals surface area contributed by atoms with Crippen molar-refractivity contribution >= 4 is 22.8 Å². The van der Waals surface area contributed by atoms with Crippen LogP contribution >= 0.6 is 0 Å². The summed E-state index contributed by atoms with van der Waals surface area (Å²) < 4.78 is 5.82. The van der Waals surface area contributed by atoms with Gasteiger partial charge in [-0.3, -0.25) is 9.89 Å². The van der Waals surface area contributed by atoms with Gasteiger partial charge in [0.25, 0.3) is 5.91 Å². The average Bonchev–Trinajstić information content (AvgIpc) is 3.35.